The summed E-state index contributed by atoms with van der Waals surface area (Å²) in [5.74, 6) is -7.18. The number of rotatable bonds is 28. The molecule has 82 heavy (non-hydrogen) atoms. The fourth-order valence-electron chi connectivity index (χ4n) is 9.76. The Morgan fingerprint density at radius 1 is 0.598 bits per heavy atom. The monoisotopic (exact) mass is 1130 g/mol. The molecule has 6 rings (SSSR count). The van der Waals surface area contributed by atoms with E-state index in [0.717, 1.165) is 21.5 Å². The summed E-state index contributed by atoms with van der Waals surface area (Å²) >= 11 is 0. The van der Waals surface area contributed by atoms with Gasteiger partial charge in [0.2, 0.25) is 53.2 Å². The molecule has 0 saturated carbocycles. The normalized spacial score (nSPS) is 15.2. The number of aliphatic imine (C=N–C) groups is 1. The second-order valence-electron chi connectivity index (χ2n) is 20.8. The van der Waals surface area contributed by atoms with Gasteiger partial charge in [0.15, 0.2) is 5.96 Å². The first-order valence-corrected chi connectivity index (χ1v) is 27.2. The van der Waals surface area contributed by atoms with Gasteiger partial charge in [0.25, 0.3) is 0 Å². The van der Waals surface area contributed by atoms with Crippen LogP contribution in [0.5, 0.6) is 5.75 Å². The molecule has 1 saturated heterocycles. The van der Waals surface area contributed by atoms with Crippen LogP contribution in [0.3, 0.4) is 0 Å². The number of phenols is 1. The topological polar surface area (TPSA) is 372 Å². The van der Waals surface area contributed by atoms with E-state index >= 15 is 0 Å². The maximum Gasteiger partial charge on any atom is 0.245 e. The van der Waals surface area contributed by atoms with E-state index in [1.807, 2.05) is 92.7 Å². The minimum absolute atomic E-state index is 0.0205. The van der Waals surface area contributed by atoms with Crippen LogP contribution in [0.15, 0.2) is 114 Å². The number of aliphatic hydroxyl groups excluding tert-OH is 1. The van der Waals surface area contributed by atoms with Crippen LogP contribution >= 0.6 is 0 Å². The van der Waals surface area contributed by atoms with E-state index < -0.39 is 109 Å². The van der Waals surface area contributed by atoms with Gasteiger partial charge < -0.3 is 69.5 Å². The van der Waals surface area contributed by atoms with Gasteiger partial charge in [-0.2, -0.15) is 0 Å². The Labute approximate surface area is 475 Å². The minimum atomic E-state index is -1.64. The van der Waals surface area contributed by atoms with E-state index in [9.17, 15) is 53.4 Å². The Morgan fingerprint density at radius 2 is 1.06 bits per heavy atom. The van der Waals surface area contributed by atoms with Crippen molar-refractivity contribution >= 4 is 80.7 Å². The lowest BCUT2D eigenvalue weighted by atomic mass is 9.98. The van der Waals surface area contributed by atoms with Gasteiger partial charge in [-0.25, -0.2) is 0 Å². The Hall–Kier alpha value is -9.12. The van der Waals surface area contributed by atoms with Crippen LogP contribution in [-0.2, 0) is 62.4 Å². The number of benzene rings is 5. The summed E-state index contributed by atoms with van der Waals surface area (Å²) in [4.78, 5) is 129. The maximum atomic E-state index is 14.9. The molecule has 0 bridgehead atoms. The average Bonchev–Trinajstić information content (AvgIpc) is 4.06. The summed E-state index contributed by atoms with van der Waals surface area (Å²) in [6.45, 7) is 3.79. The number of primary amides is 1. The number of guanidine groups is 1. The predicted molar refractivity (Wildman–Crippen MR) is 308 cm³/mol. The van der Waals surface area contributed by atoms with E-state index in [0.29, 0.717) is 23.1 Å². The Morgan fingerprint density at radius 3 is 1.57 bits per heavy atom. The van der Waals surface area contributed by atoms with E-state index in [2.05, 4.69) is 42.2 Å². The zero-order valence-electron chi connectivity index (χ0n) is 46.2. The van der Waals surface area contributed by atoms with E-state index in [1.165, 1.54) is 36.1 Å². The summed E-state index contributed by atoms with van der Waals surface area (Å²) < 4.78 is 0. The van der Waals surface area contributed by atoms with Crippen molar-refractivity contribution in [2.45, 2.75) is 114 Å². The molecule has 0 aliphatic carbocycles. The molecule has 23 heteroatoms. The third-order valence-electron chi connectivity index (χ3n) is 13.8. The molecular weight excluding hydrogens is 1050 g/mol. The quantitative estimate of drug-likeness (QED) is 0.0183. The van der Waals surface area contributed by atoms with Gasteiger partial charge in [-0.15, -0.1) is 0 Å². The highest BCUT2D eigenvalue weighted by atomic mass is 16.3. The van der Waals surface area contributed by atoms with Crippen molar-refractivity contribution < 1.29 is 53.4 Å². The maximum absolute atomic E-state index is 14.9. The predicted octanol–water partition coefficient (Wildman–Crippen LogP) is 0.340. The fraction of sp³-hybridized carbons (Fsp3) is 0.390. The fourth-order valence-corrected chi connectivity index (χ4v) is 9.76. The molecule has 1 fully saturated rings. The summed E-state index contributed by atoms with van der Waals surface area (Å²) in [6, 6.07) is 22.7. The number of aromatic hydroxyl groups is 1. The van der Waals surface area contributed by atoms with Crippen LogP contribution in [0.4, 0.5) is 0 Å². The number of aliphatic hydroxyl groups is 1. The Bertz CT molecular complexity index is 3130. The lowest BCUT2D eigenvalue weighted by molar-refractivity contribution is -0.142. The van der Waals surface area contributed by atoms with Crippen LogP contribution < -0.4 is 54.4 Å². The SMILES string of the molecule is CC(=O)N[C@H](Cc1ccc2ccccc2c1)C(=O)N[C@@H](CO)C(=O)N[C@@H](Cc1ccc(O)cc1)C(=O)N[C@H](Cc1ccc2ccccc2c1)C(=O)N[C@@H](CC(C)C)C(=O)N[C@@H](CCCN=C(N)N)C(=O)N1CCC[C@H]1C(=O)NCC(N)=O. The van der Waals surface area contributed by atoms with Crippen LogP contribution in [0.2, 0.25) is 0 Å². The number of hydrogen-bond donors (Lipinski definition) is 12. The van der Waals surface area contributed by atoms with Crippen LogP contribution in [0, 0.1) is 5.92 Å². The zero-order chi connectivity index (χ0) is 59.5. The molecule has 7 atom stereocenters. The van der Waals surface area contributed by atoms with Gasteiger partial charge in [-0.1, -0.05) is 111 Å². The molecule has 9 amide bonds. The smallest absolute Gasteiger partial charge is 0.245 e. The van der Waals surface area contributed by atoms with Crippen molar-refractivity contribution in [1.82, 2.24) is 42.1 Å². The second kappa shape index (κ2) is 29.9. The molecule has 1 aliphatic heterocycles. The molecule has 0 unspecified atom stereocenters. The number of nitrogens with zero attached hydrogens (tertiary/aromatic N) is 2. The van der Waals surface area contributed by atoms with Crippen LogP contribution in [-0.4, -0.2) is 143 Å². The molecular formula is C59H74N12O11. The van der Waals surface area contributed by atoms with E-state index in [-0.39, 0.29) is 75.7 Å². The molecule has 0 spiro atoms. The first-order chi connectivity index (χ1) is 39.2. The van der Waals surface area contributed by atoms with Gasteiger partial charge in [-0.05, 0) is 88.4 Å². The first-order valence-electron chi connectivity index (χ1n) is 27.2. The van der Waals surface area contributed by atoms with Crippen molar-refractivity contribution in [2.75, 3.05) is 26.2 Å². The van der Waals surface area contributed by atoms with Crippen LogP contribution in [0.1, 0.15) is 69.6 Å². The third kappa shape index (κ3) is 18.5. The lowest BCUT2D eigenvalue weighted by Gasteiger charge is -2.30. The number of fused-ring (bicyclic) bond motifs is 2. The summed E-state index contributed by atoms with van der Waals surface area (Å²) in [7, 11) is 0. The molecule has 15 N–H and O–H groups in total. The zero-order valence-corrected chi connectivity index (χ0v) is 46.2. The molecule has 1 heterocycles. The summed E-state index contributed by atoms with van der Waals surface area (Å²) in [6.07, 6.45) is 0.725. The summed E-state index contributed by atoms with van der Waals surface area (Å²) in [5, 5.41) is 42.9. The number of carbonyl (C=O) groups is 9. The van der Waals surface area contributed by atoms with E-state index in [1.54, 1.807) is 6.07 Å². The van der Waals surface area contributed by atoms with Gasteiger partial charge in [0.05, 0.1) is 13.2 Å². The number of nitrogens with two attached hydrogens (primary N) is 3. The molecule has 0 aromatic heterocycles. The lowest BCUT2D eigenvalue weighted by Crippen LogP contribution is -2.61. The molecule has 23 nitrogen and oxygen atoms in total. The number of likely N-dealkylation sites (tertiary alicyclic amines) is 1. The molecule has 5 aromatic rings. The molecule has 1 aliphatic rings. The highest BCUT2D eigenvalue weighted by Gasteiger charge is 2.39. The Kier molecular flexibility index (Phi) is 22.6. The van der Waals surface area contributed by atoms with Crippen molar-refractivity contribution in [1.29, 1.82) is 0 Å². The number of amides is 9. The van der Waals surface area contributed by atoms with Gasteiger partial charge >= 0.3 is 0 Å². The number of hydrogen-bond acceptors (Lipinski definition) is 12. The third-order valence-corrected chi connectivity index (χ3v) is 13.8. The minimum Gasteiger partial charge on any atom is -0.508 e. The second-order valence-corrected chi connectivity index (χ2v) is 20.8. The molecule has 0 radical (unpaired) electrons. The standard InChI is InChI=1S/C59H74N12O11/c1-34(2)26-45(52(76)66-44(14-8-24-63-59(61)62)58(82)71-25-9-15-50(71)57(81)64-32-51(60)75)67-55(79)48(31-38-17-21-40-11-5-7-13-42(40)28-38)68-54(78)47(29-36-18-22-43(74)23-19-36)69-56(80)49(33-72)70-53(77)46(65-35(3)73)30-37-16-20-39-10-4-6-12-41(39)27-37/h4-7,10-13,16-23,27-28,34,44-50,72,74H,8-9,14-15,24-26,29-33H2,1-3H3,(H2,60,75)(H,64,81)(H,65,73)(H,66,76)(H,67,79)(H,68,78)(H,69,80)(H,70,77)(H4,61,62,63)/t44-,45-,46+,47-,48+,49-,50-/m0/s1. The van der Waals surface area contributed by atoms with Gasteiger partial charge in [0, 0.05) is 39.3 Å². The van der Waals surface area contributed by atoms with E-state index in [4.69, 9.17) is 17.2 Å². The van der Waals surface area contributed by atoms with Gasteiger partial charge in [-0.3, -0.25) is 48.1 Å². The van der Waals surface area contributed by atoms with Crippen molar-refractivity contribution in [3.8, 4) is 5.75 Å². The summed E-state index contributed by atoms with van der Waals surface area (Å²) in [5.41, 5.74) is 18.1. The largest absolute Gasteiger partial charge is 0.508 e. The van der Waals surface area contributed by atoms with Crippen molar-refractivity contribution in [3.05, 3.63) is 126 Å². The van der Waals surface area contributed by atoms with Crippen LogP contribution in [0.25, 0.3) is 21.5 Å². The van der Waals surface area contributed by atoms with Gasteiger partial charge in [0.1, 0.15) is 48.0 Å². The average molecular weight is 1130 g/mol. The molecule has 5 aromatic carbocycles. The Balaban J connectivity index is 1.27. The first kappa shape index (κ1) is 62.1. The highest BCUT2D eigenvalue weighted by molar-refractivity contribution is 5.98. The van der Waals surface area contributed by atoms with Crippen molar-refractivity contribution in [2.24, 2.45) is 28.1 Å². The number of phenolic OH excluding ortho intramolecular Hbond substituents is 1. The number of nitrogens with one attached hydrogen (secondary N) is 7. The highest BCUT2D eigenvalue weighted by Crippen LogP contribution is 2.22. The number of carbonyl (C=O) groups excluding carboxylic acids is 9. The van der Waals surface area contributed by atoms with Crippen molar-refractivity contribution in [3.63, 3.8) is 0 Å². The molecule has 436 valence electrons.